The molecule has 0 radical (unpaired) electrons. The van der Waals surface area contributed by atoms with Crippen molar-refractivity contribution >= 4 is 22.5 Å². The molecule has 9 nitrogen and oxygen atoms in total. The number of primary amides is 1. The molecule has 226 valence electrons. The second-order valence-corrected chi connectivity index (χ2v) is 12.1. The van der Waals surface area contributed by atoms with Gasteiger partial charge in [0.25, 0.3) is 5.56 Å². The molecule has 1 saturated heterocycles. The van der Waals surface area contributed by atoms with Crippen molar-refractivity contribution in [3.8, 4) is 11.3 Å². The van der Waals surface area contributed by atoms with Crippen molar-refractivity contribution in [2.24, 2.45) is 17.1 Å². The number of amides is 1. The van der Waals surface area contributed by atoms with Crippen LogP contribution in [0.5, 0.6) is 0 Å². The molecule has 42 heavy (non-hydrogen) atoms. The van der Waals surface area contributed by atoms with E-state index >= 15 is 0 Å². The highest BCUT2D eigenvalue weighted by Gasteiger charge is 2.57. The van der Waals surface area contributed by atoms with Crippen molar-refractivity contribution < 1.29 is 14.3 Å². The number of piperidine rings is 1. The number of likely N-dealkylation sites (tertiary alicyclic amines) is 1. The lowest BCUT2D eigenvalue weighted by Gasteiger charge is -2.32. The first kappa shape index (κ1) is 30.2. The minimum Gasteiger partial charge on any atom is -0.378 e. The summed E-state index contributed by atoms with van der Waals surface area (Å²) in [4.78, 5) is 46.4. The Morgan fingerprint density at radius 1 is 1.10 bits per heavy atom. The molecule has 3 heterocycles. The summed E-state index contributed by atoms with van der Waals surface area (Å²) in [7, 11) is 0. The Labute approximate surface area is 247 Å². The van der Waals surface area contributed by atoms with E-state index in [1.807, 2.05) is 43.6 Å². The van der Waals surface area contributed by atoms with Crippen LogP contribution >= 0.6 is 0 Å². The number of aromatic amines is 1. The Morgan fingerprint density at radius 2 is 1.88 bits per heavy atom. The van der Waals surface area contributed by atoms with Crippen LogP contribution in [0.15, 0.2) is 41.5 Å². The van der Waals surface area contributed by atoms with Crippen molar-refractivity contribution in [2.45, 2.75) is 77.7 Å². The normalized spacial score (nSPS) is 18.1. The van der Waals surface area contributed by atoms with Gasteiger partial charge in [0.05, 0.1) is 25.1 Å². The van der Waals surface area contributed by atoms with Crippen LogP contribution in [0, 0.1) is 11.3 Å². The van der Waals surface area contributed by atoms with E-state index in [0.29, 0.717) is 43.8 Å². The Morgan fingerprint density at radius 3 is 2.64 bits per heavy atom. The molecule has 0 bridgehead atoms. The fourth-order valence-electron chi connectivity index (χ4n) is 6.40. The van der Waals surface area contributed by atoms with E-state index in [4.69, 9.17) is 10.5 Å². The fourth-order valence-corrected chi connectivity index (χ4v) is 6.40. The van der Waals surface area contributed by atoms with Gasteiger partial charge in [0.15, 0.2) is 0 Å². The van der Waals surface area contributed by atoms with Gasteiger partial charge in [-0.25, -0.2) is 4.98 Å². The number of benzene rings is 1. The number of fused-ring (bicyclic) bond motifs is 1. The molecule has 3 N–H and O–H groups in total. The third kappa shape index (κ3) is 7.36. The van der Waals surface area contributed by atoms with Crippen LogP contribution in [0.1, 0.15) is 70.5 Å². The Hall–Kier alpha value is -3.30. The van der Waals surface area contributed by atoms with Crippen molar-refractivity contribution in [3.05, 3.63) is 52.8 Å². The molecule has 2 aliphatic rings. The molecular formula is C33H45N5O4. The number of nitrogens with zero attached hydrogens (tertiary/aromatic N) is 3. The van der Waals surface area contributed by atoms with E-state index in [-0.39, 0.29) is 22.8 Å². The Bertz CT molecular complexity index is 1440. The number of H-pyrrole nitrogens is 1. The predicted molar refractivity (Wildman–Crippen MR) is 164 cm³/mol. The molecule has 9 heteroatoms. The average molecular weight is 576 g/mol. The van der Waals surface area contributed by atoms with Gasteiger partial charge in [-0.05, 0) is 74.2 Å². The lowest BCUT2D eigenvalue weighted by molar-refractivity contribution is -0.120. The van der Waals surface area contributed by atoms with Crippen LogP contribution in [0.3, 0.4) is 0 Å². The van der Waals surface area contributed by atoms with E-state index in [2.05, 4.69) is 14.9 Å². The number of aryl methyl sites for hydroxylation is 1. The largest absolute Gasteiger partial charge is 0.378 e. The highest BCUT2D eigenvalue weighted by Crippen LogP contribution is 2.59. The summed E-state index contributed by atoms with van der Waals surface area (Å²) in [5.74, 6) is 1.26. The van der Waals surface area contributed by atoms with Gasteiger partial charge in [-0.1, -0.05) is 25.8 Å². The maximum absolute atomic E-state index is 13.1. The number of carbonyl (C=O) groups excluding carboxylic acids is 2. The summed E-state index contributed by atoms with van der Waals surface area (Å²) >= 11 is 0. The molecule has 1 spiro atoms. The van der Waals surface area contributed by atoms with E-state index in [1.54, 1.807) is 4.57 Å². The number of carbonyl (C=O) groups is 2. The van der Waals surface area contributed by atoms with Crippen LogP contribution in [0.4, 0.5) is 0 Å². The number of Topliss-reactive ketones (excluding diaryl/α,β-unsaturated/α-hetero) is 1. The minimum atomic E-state index is -0.140. The molecule has 1 aliphatic carbocycles. The summed E-state index contributed by atoms with van der Waals surface area (Å²) in [6, 6.07) is 7.90. The van der Waals surface area contributed by atoms with E-state index in [9.17, 15) is 14.4 Å². The fraction of sp³-hybridized carbons (Fsp3) is 0.576. The lowest BCUT2D eigenvalue weighted by atomic mass is 9.90. The molecule has 3 aromatic rings. The number of imidazole rings is 1. The number of ketones is 1. The minimum absolute atomic E-state index is 0.0108. The molecule has 5 rings (SSSR count). The molecule has 1 saturated carbocycles. The zero-order valence-electron chi connectivity index (χ0n) is 24.9. The first-order valence-corrected chi connectivity index (χ1v) is 15.7. The van der Waals surface area contributed by atoms with Crippen LogP contribution in [0.25, 0.3) is 22.0 Å². The van der Waals surface area contributed by atoms with Gasteiger partial charge in [-0.15, -0.1) is 0 Å². The molecule has 2 fully saturated rings. The van der Waals surface area contributed by atoms with Gasteiger partial charge < -0.3 is 24.9 Å². The van der Waals surface area contributed by atoms with Crippen LogP contribution in [-0.2, 0) is 27.3 Å². The number of pyridine rings is 1. The summed E-state index contributed by atoms with van der Waals surface area (Å²) in [5.41, 5.74) is 7.63. The van der Waals surface area contributed by atoms with Crippen molar-refractivity contribution in [1.29, 1.82) is 0 Å². The van der Waals surface area contributed by atoms with Gasteiger partial charge in [0.1, 0.15) is 11.6 Å². The number of nitrogens with two attached hydrogens (primary N) is 1. The highest BCUT2D eigenvalue weighted by atomic mass is 16.5. The van der Waals surface area contributed by atoms with Gasteiger partial charge in [0.2, 0.25) is 5.91 Å². The van der Waals surface area contributed by atoms with Crippen molar-refractivity contribution in [2.75, 3.05) is 32.8 Å². The van der Waals surface area contributed by atoms with Crippen molar-refractivity contribution in [1.82, 2.24) is 19.4 Å². The second kappa shape index (κ2) is 13.8. The highest BCUT2D eigenvalue weighted by molar-refractivity contribution is 5.86. The van der Waals surface area contributed by atoms with Crippen molar-refractivity contribution in [3.63, 3.8) is 0 Å². The van der Waals surface area contributed by atoms with Crippen LogP contribution < -0.4 is 11.3 Å². The zero-order chi connectivity index (χ0) is 29.5. The molecule has 1 atom stereocenters. The first-order chi connectivity index (χ1) is 20.4. The first-order valence-electron chi connectivity index (χ1n) is 15.7. The Balaban J connectivity index is 1.04. The maximum Gasteiger partial charge on any atom is 0.258 e. The van der Waals surface area contributed by atoms with Crippen LogP contribution in [0.2, 0.25) is 0 Å². The van der Waals surface area contributed by atoms with E-state index < -0.39 is 0 Å². The topological polar surface area (TPSA) is 123 Å². The van der Waals surface area contributed by atoms with Gasteiger partial charge in [-0.2, -0.15) is 0 Å². The third-order valence-corrected chi connectivity index (χ3v) is 9.34. The number of hydrogen-bond acceptors (Lipinski definition) is 6. The second-order valence-electron chi connectivity index (χ2n) is 12.1. The summed E-state index contributed by atoms with van der Waals surface area (Å²) in [6.45, 7) is 6.39. The smallest absolute Gasteiger partial charge is 0.258 e. The van der Waals surface area contributed by atoms with E-state index in [0.717, 1.165) is 93.5 Å². The lowest BCUT2D eigenvalue weighted by Crippen LogP contribution is -2.38. The summed E-state index contributed by atoms with van der Waals surface area (Å²) in [5, 5.41) is 1.60. The molecule has 0 unspecified atom stereocenters. The molecule has 1 amide bonds. The maximum atomic E-state index is 13.1. The number of unbranched alkanes of at least 4 members (excludes halogenated alkanes) is 3. The number of aromatic nitrogens is 3. The Kier molecular flexibility index (Phi) is 9.90. The summed E-state index contributed by atoms with van der Waals surface area (Å²) in [6.07, 6.45) is 13.2. The molecule has 1 aromatic carbocycles. The van der Waals surface area contributed by atoms with Gasteiger partial charge >= 0.3 is 0 Å². The average Bonchev–Trinajstić information content (AvgIpc) is 3.50. The SMILES string of the molecule is CCC(=O)CCCCCCc1ncc(-c2ccc3c(=O)n(CCOCCN4CCC5(CC4)C[C@@H]5C(N)=O)ccc3c2)[nH]1. The summed E-state index contributed by atoms with van der Waals surface area (Å²) < 4.78 is 7.59. The molecule has 1 aliphatic heterocycles. The monoisotopic (exact) mass is 575 g/mol. The third-order valence-electron chi connectivity index (χ3n) is 9.34. The van der Waals surface area contributed by atoms with Gasteiger partial charge in [-0.3, -0.25) is 14.4 Å². The zero-order valence-corrected chi connectivity index (χ0v) is 24.9. The molecular weight excluding hydrogens is 530 g/mol. The number of nitrogens with one attached hydrogen (secondary N) is 1. The quantitative estimate of drug-likeness (QED) is 0.243. The number of rotatable bonds is 16. The number of ether oxygens (including phenoxy) is 1. The molecule has 2 aromatic heterocycles. The predicted octanol–water partition coefficient (Wildman–Crippen LogP) is 4.47. The standard InChI is InChI=1S/C33H45N5O4/c1-2-26(39)7-5-3-4-6-8-30-35-23-29(36-30)25-9-10-27-24(21-25)11-14-38(32(27)41)18-20-42-19-17-37-15-12-33(13-16-37)22-28(33)31(34)40/h9-11,14,21,23,28H,2-8,12-13,15-20,22H2,1H3,(H2,34,40)(H,35,36)/t28-/m1/s1. The number of hydrogen-bond donors (Lipinski definition) is 2. The van der Waals surface area contributed by atoms with Gasteiger partial charge in [0, 0.05) is 55.4 Å². The van der Waals surface area contributed by atoms with E-state index in [1.165, 1.54) is 0 Å². The van der Waals surface area contributed by atoms with Crippen LogP contribution in [-0.4, -0.2) is 64.0 Å².